The minimum atomic E-state index is 0.203. The number of rotatable bonds is 6. The summed E-state index contributed by atoms with van der Waals surface area (Å²) in [5.74, 6) is 3.82. The third-order valence-electron chi connectivity index (χ3n) is 15.3. The normalized spacial score (nSPS) is 34.8. The van der Waals surface area contributed by atoms with Crippen molar-refractivity contribution in [3.8, 4) is 0 Å². The lowest BCUT2D eigenvalue weighted by Gasteiger charge is -2.43. The third kappa shape index (κ3) is 5.97. The van der Waals surface area contributed by atoms with Crippen molar-refractivity contribution >= 4 is 5.69 Å². The second-order valence-corrected chi connectivity index (χ2v) is 18.8. The number of hydrogen-bond acceptors (Lipinski definition) is 2. The minimum absolute atomic E-state index is 0.203. The number of fused-ring (bicyclic) bond motifs is 5. The third-order valence-corrected chi connectivity index (χ3v) is 15.3. The van der Waals surface area contributed by atoms with Gasteiger partial charge in [-0.3, -0.25) is 0 Å². The summed E-state index contributed by atoms with van der Waals surface area (Å²) in [7, 11) is 0. The van der Waals surface area contributed by atoms with E-state index >= 15 is 0 Å². The quantitative estimate of drug-likeness (QED) is 0.271. The summed E-state index contributed by atoms with van der Waals surface area (Å²) in [6, 6.07) is 8.48. The van der Waals surface area contributed by atoms with Gasteiger partial charge in [0, 0.05) is 52.0 Å². The highest BCUT2D eigenvalue weighted by atomic mass is 15.2. The number of hydrogen-bond donors (Lipinski definition) is 0. The first-order valence-corrected chi connectivity index (χ1v) is 22.0. The zero-order valence-corrected chi connectivity index (χ0v) is 33.2. The zero-order chi connectivity index (χ0) is 36.4. The Bertz CT molecular complexity index is 1980. The molecule has 280 valence electrons. The summed E-state index contributed by atoms with van der Waals surface area (Å²) in [6.07, 6.45) is 52.0. The predicted molar refractivity (Wildman–Crippen MR) is 227 cm³/mol. The molecule has 9 aliphatic rings. The second kappa shape index (κ2) is 14.1. The Balaban J connectivity index is 0.952. The van der Waals surface area contributed by atoms with Crippen LogP contribution in [-0.4, -0.2) is 17.0 Å². The molecule has 8 atom stereocenters. The molecule has 0 N–H and O–H groups in total. The lowest BCUT2D eigenvalue weighted by atomic mass is 9.73. The van der Waals surface area contributed by atoms with Gasteiger partial charge in [0.05, 0.1) is 6.04 Å². The molecule has 0 fully saturated rings. The molecule has 0 saturated heterocycles. The van der Waals surface area contributed by atoms with Crippen LogP contribution in [0.25, 0.3) is 0 Å². The lowest BCUT2D eigenvalue weighted by molar-refractivity contribution is 0.262. The first-order chi connectivity index (χ1) is 26.4. The molecule has 0 radical (unpaired) electrons. The molecule has 0 amide bonds. The summed E-state index contributed by atoms with van der Waals surface area (Å²) in [5.41, 5.74) is 14.5. The van der Waals surface area contributed by atoms with Gasteiger partial charge in [0.15, 0.2) is 0 Å². The number of allylic oxidation sites excluding steroid dienone is 16. The van der Waals surface area contributed by atoms with Crippen LogP contribution in [-0.2, 0) is 0 Å². The van der Waals surface area contributed by atoms with E-state index in [0.29, 0.717) is 35.8 Å². The lowest BCUT2D eigenvalue weighted by Crippen LogP contribution is -2.38. The van der Waals surface area contributed by atoms with Gasteiger partial charge in [-0.25, -0.2) is 0 Å². The van der Waals surface area contributed by atoms with Gasteiger partial charge >= 0.3 is 0 Å². The Labute approximate surface area is 326 Å². The molecule has 54 heavy (non-hydrogen) atoms. The Morgan fingerprint density at radius 3 is 2.57 bits per heavy atom. The fourth-order valence-electron chi connectivity index (χ4n) is 12.5. The van der Waals surface area contributed by atoms with Crippen LogP contribution in [0.5, 0.6) is 0 Å². The van der Waals surface area contributed by atoms with Gasteiger partial charge in [-0.1, -0.05) is 123 Å². The Morgan fingerprint density at radius 2 is 1.74 bits per heavy atom. The van der Waals surface area contributed by atoms with Crippen LogP contribution in [0.1, 0.15) is 134 Å². The average molecular weight is 715 g/mol. The molecular formula is C52H62N2. The van der Waals surface area contributed by atoms with Crippen molar-refractivity contribution in [1.29, 1.82) is 0 Å². The number of benzene rings is 1. The van der Waals surface area contributed by atoms with Crippen LogP contribution in [0, 0.1) is 29.1 Å². The van der Waals surface area contributed by atoms with E-state index in [1.807, 2.05) is 5.57 Å². The first kappa shape index (κ1) is 34.7. The van der Waals surface area contributed by atoms with Gasteiger partial charge in [0.25, 0.3) is 0 Å². The number of nitrogens with zero attached hydrogens (tertiary/aromatic N) is 2. The van der Waals surface area contributed by atoms with E-state index in [4.69, 9.17) is 0 Å². The van der Waals surface area contributed by atoms with Gasteiger partial charge in [-0.15, -0.1) is 0 Å². The van der Waals surface area contributed by atoms with E-state index in [1.165, 1.54) is 105 Å². The molecule has 1 aromatic rings. The van der Waals surface area contributed by atoms with Gasteiger partial charge in [0.2, 0.25) is 0 Å². The molecule has 2 heteroatoms. The van der Waals surface area contributed by atoms with Gasteiger partial charge < -0.3 is 9.80 Å². The predicted octanol–water partition coefficient (Wildman–Crippen LogP) is 13.4. The molecule has 10 rings (SSSR count). The fourth-order valence-corrected chi connectivity index (χ4v) is 12.5. The highest BCUT2D eigenvalue weighted by Gasteiger charge is 2.47. The van der Waals surface area contributed by atoms with E-state index in [1.54, 1.807) is 16.8 Å². The largest absolute Gasteiger partial charge is 0.339 e. The highest BCUT2D eigenvalue weighted by Crippen LogP contribution is 2.59. The maximum atomic E-state index is 2.85. The van der Waals surface area contributed by atoms with Crippen LogP contribution in [0.4, 0.5) is 5.69 Å². The Kier molecular flexibility index (Phi) is 9.03. The second-order valence-electron chi connectivity index (χ2n) is 18.8. The Morgan fingerprint density at radius 1 is 0.796 bits per heavy atom. The molecule has 1 aliphatic heterocycles. The maximum Gasteiger partial charge on any atom is 0.0522 e. The first-order valence-electron chi connectivity index (χ1n) is 22.0. The zero-order valence-electron chi connectivity index (χ0n) is 33.2. The summed E-state index contributed by atoms with van der Waals surface area (Å²) >= 11 is 0. The summed E-state index contributed by atoms with van der Waals surface area (Å²) in [4.78, 5) is 5.53. The van der Waals surface area contributed by atoms with Crippen LogP contribution in [0.2, 0.25) is 0 Å². The maximum absolute atomic E-state index is 2.85. The van der Waals surface area contributed by atoms with E-state index in [2.05, 4.69) is 134 Å². The van der Waals surface area contributed by atoms with Crippen molar-refractivity contribution in [2.75, 3.05) is 4.90 Å². The monoisotopic (exact) mass is 714 g/mol. The van der Waals surface area contributed by atoms with Crippen molar-refractivity contribution < 1.29 is 0 Å². The summed E-state index contributed by atoms with van der Waals surface area (Å²) < 4.78 is 0. The molecule has 1 aromatic carbocycles. The average Bonchev–Trinajstić information content (AvgIpc) is 3.66. The molecule has 8 unspecified atom stereocenters. The van der Waals surface area contributed by atoms with Crippen molar-refractivity contribution in [1.82, 2.24) is 4.90 Å². The molecule has 0 spiro atoms. The van der Waals surface area contributed by atoms with Crippen LogP contribution >= 0.6 is 0 Å². The summed E-state index contributed by atoms with van der Waals surface area (Å²) in [6.45, 7) is 7.60. The van der Waals surface area contributed by atoms with Crippen molar-refractivity contribution in [2.45, 2.75) is 135 Å². The molecule has 0 aromatic heterocycles. The molecule has 8 aliphatic carbocycles. The van der Waals surface area contributed by atoms with Gasteiger partial charge in [0.1, 0.15) is 0 Å². The molecule has 2 nitrogen and oxygen atoms in total. The van der Waals surface area contributed by atoms with E-state index in [-0.39, 0.29) is 5.41 Å². The standard InChI is InChI=1S/C52H62N2/c1-35-21-29-48-46(31-35)44-28-27-43(34-49(44)52(48,2)3)53(42-18-12-15-38(32-42)36-13-6-4-7-14-36)41-25-22-37(23-26-41)39-24-30-51-47(33-39)45-19-10-11-20-50(45)54(51)40-16-8-5-9-17-40/h4,6-8,10,13,16-19,22,24-26,30,33-38,43-45,50H,5,9,11-12,14-15,20-21,23,27-29,31-32H2,1-3H3. The minimum Gasteiger partial charge on any atom is -0.339 e. The van der Waals surface area contributed by atoms with Crippen molar-refractivity contribution in [3.05, 3.63) is 148 Å². The van der Waals surface area contributed by atoms with E-state index in [0.717, 1.165) is 24.7 Å². The van der Waals surface area contributed by atoms with E-state index < -0.39 is 0 Å². The SMILES string of the molecule is CC1CCC2=C(C1)C1CCC(N(C3=CCC(c4ccc5c(c4)C4C=CCCC4N5C4=CCCC=C4)C=C3)C3=CCCC(C4C=CC=CC4)C3)C=C1C2(C)C. The molecule has 0 bridgehead atoms. The van der Waals surface area contributed by atoms with Gasteiger partial charge in [-0.2, -0.15) is 0 Å². The van der Waals surface area contributed by atoms with Crippen molar-refractivity contribution in [2.24, 2.45) is 29.1 Å². The number of anilines is 1. The van der Waals surface area contributed by atoms with E-state index in [9.17, 15) is 0 Å². The summed E-state index contributed by atoms with van der Waals surface area (Å²) in [5, 5.41) is 0. The van der Waals surface area contributed by atoms with Crippen LogP contribution in [0.3, 0.4) is 0 Å². The molecule has 1 heterocycles. The highest BCUT2D eigenvalue weighted by molar-refractivity contribution is 5.70. The molecular weight excluding hydrogens is 653 g/mol. The topological polar surface area (TPSA) is 6.48 Å². The smallest absolute Gasteiger partial charge is 0.0522 e. The fraction of sp³-hybridized carbons (Fsp3) is 0.500. The van der Waals surface area contributed by atoms with Crippen LogP contribution in [0.15, 0.2) is 137 Å². The van der Waals surface area contributed by atoms with Gasteiger partial charge in [-0.05, 0) is 137 Å². The van der Waals surface area contributed by atoms with Crippen molar-refractivity contribution in [3.63, 3.8) is 0 Å². The van der Waals surface area contributed by atoms with Crippen LogP contribution < -0.4 is 4.90 Å². The molecule has 0 saturated carbocycles. The Hall–Kier alpha value is -3.78.